The minimum Gasteiger partial charge on any atom is -0.379 e. The summed E-state index contributed by atoms with van der Waals surface area (Å²) in [6.07, 6.45) is 3.77. The molecule has 0 amide bonds. The van der Waals surface area contributed by atoms with Crippen LogP contribution in [0.5, 0.6) is 0 Å². The van der Waals surface area contributed by atoms with Gasteiger partial charge < -0.3 is 4.74 Å². The summed E-state index contributed by atoms with van der Waals surface area (Å²) in [4.78, 5) is 3.88. The van der Waals surface area contributed by atoms with Gasteiger partial charge in [0.15, 0.2) is 0 Å². The van der Waals surface area contributed by atoms with Crippen molar-refractivity contribution in [1.82, 2.24) is 9.71 Å². The lowest BCUT2D eigenvalue weighted by atomic mass is 10.2. The summed E-state index contributed by atoms with van der Waals surface area (Å²) in [7, 11) is -3.25. The van der Waals surface area contributed by atoms with Gasteiger partial charge in [-0.05, 0) is 24.1 Å². The molecule has 0 saturated carbocycles. The van der Waals surface area contributed by atoms with Crippen LogP contribution < -0.4 is 4.72 Å². The first-order valence-electron chi connectivity index (χ1n) is 5.64. The Morgan fingerprint density at radius 3 is 2.67 bits per heavy atom. The molecule has 102 valence electrons. The van der Waals surface area contributed by atoms with Gasteiger partial charge in [0.2, 0.25) is 10.0 Å². The fraction of sp³-hybridized carbons (Fsp3) is 0.545. The monoisotopic (exact) mass is 292 g/mol. The topological polar surface area (TPSA) is 68.3 Å². The quantitative estimate of drug-likeness (QED) is 0.540. The number of nitrogens with one attached hydrogen (secondary N) is 1. The van der Waals surface area contributed by atoms with Gasteiger partial charge in [-0.2, -0.15) is 0 Å². The van der Waals surface area contributed by atoms with E-state index in [0.29, 0.717) is 25.5 Å². The van der Waals surface area contributed by atoms with E-state index in [4.69, 9.17) is 16.3 Å². The Kier molecular flexibility index (Phi) is 7.19. The number of rotatable bonds is 9. The maximum absolute atomic E-state index is 11.6. The number of hydrogen-bond donors (Lipinski definition) is 1. The average Bonchev–Trinajstić information content (AvgIpc) is 2.38. The molecule has 1 N–H and O–H groups in total. The zero-order valence-corrected chi connectivity index (χ0v) is 11.6. The number of halogens is 1. The maximum Gasteiger partial charge on any atom is 0.211 e. The third kappa shape index (κ3) is 6.90. The Balaban J connectivity index is 2.23. The van der Waals surface area contributed by atoms with Gasteiger partial charge in [-0.1, -0.05) is 0 Å². The van der Waals surface area contributed by atoms with Crippen LogP contribution in [0.25, 0.3) is 0 Å². The van der Waals surface area contributed by atoms with E-state index >= 15 is 0 Å². The lowest BCUT2D eigenvalue weighted by molar-refractivity contribution is 0.155. The van der Waals surface area contributed by atoms with Gasteiger partial charge in [-0.3, -0.25) is 4.98 Å². The average molecular weight is 293 g/mol. The van der Waals surface area contributed by atoms with Crippen LogP contribution >= 0.6 is 11.6 Å². The summed E-state index contributed by atoms with van der Waals surface area (Å²) in [6.45, 7) is 1.04. The molecule has 18 heavy (non-hydrogen) atoms. The number of aromatic nitrogens is 1. The Bertz CT molecular complexity index is 425. The minimum atomic E-state index is -3.25. The van der Waals surface area contributed by atoms with Crippen molar-refractivity contribution >= 4 is 21.6 Å². The Morgan fingerprint density at radius 2 is 2.00 bits per heavy atom. The lowest BCUT2D eigenvalue weighted by Crippen LogP contribution is -2.30. The highest BCUT2D eigenvalue weighted by Gasteiger charge is 2.09. The molecule has 0 spiro atoms. The number of alkyl halides is 1. The van der Waals surface area contributed by atoms with Gasteiger partial charge in [0.25, 0.3) is 0 Å². The van der Waals surface area contributed by atoms with E-state index in [2.05, 4.69) is 9.71 Å². The van der Waals surface area contributed by atoms with Crippen molar-refractivity contribution in [3.8, 4) is 0 Å². The normalized spacial score (nSPS) is 11.6. The molecular formula is C11H17ClN2O3S. The summed E-state index contributed by atoms with van der Waals surface area (Å²) in [5, 5.41) is 0. The maximum atomic E-state index is 11.6. The number of hydrogen-bond acceptors (Lipinski definition) is 4. The fourth-order valence-electron chi connectivity index (χ4n) is 1.30. The van der Waals surface area contributed by atoms with E-state index in [1.54, 1.807) is 24.5 Å². The summed E-state index contributed by atoms with van der Waals surface area (Å²) < 4.78 is 30.8. The van der Waals surface area contributed by atoms with Crippen LogP contribution in [0.2, 0.25) is 0 Å². The summed E-state index contributed by atoms with van der Waals surface area (Å²) in [6, 6.07) is 3.61. The van der Waals surface area contributed by atoms with Crippen LogP contribution in [0.4, 0.5) is 0 Å². The third-order valence-electron chi connectivity index (χ3n) is 2.20. The minimum absolute atomic E-state index is 0.0620. The molecule has 0 unspecified atom stereocenters. The first kappa shape index (κ1) is 15.4. The lowest BCUT2D eigenvalue weighted by Gasteiger charge is -2.06. The molecule has 0 aliphatic carbocycles. The Morgan fingerprint density at radius 1 is 1.28 bits per heavy atom. The van der Waals surface area contributed by atoms with Crippen LogP contribution in [0.1, 0.15) is 5.56 Å². The molecule has 1 rings (SSSR count). The van der Waals surface area contributed by atoms with E-state index in [1.165, 1.54) is 0 Å². The number of pyridine rings is 1. The first-order valence-corrected chi connectivity index (χ1v) is 7.83. The van der Waals surface area contributed by atoms with Gasteiger partial charge in [-0.25, -0.2) is 13.1 Å². The second-order valence-corrected chi connectivity index (χ2v) is 5.92. The Labute approximate surface area is 113 Å². The van der Waals surface area contributed by atoms with Crippen LogP contribution in [0.3, 0.4) is 0 Å². The van der Waals surface area contributed by atoms with Crippen LogP contribution in [-0.4, -0.2) is 44.8 Å². The summed E-state index contributed by atoms with van der Waals surface area (Å²) in [5.41, 5.74) is 0.953. The number of sulfonamides is 1. The zero-order valence-electron chi connectivity index (χ0n) is 10.0. The fourth-order valence-corrected chi connectivity index (χ4v) is 2.45. The van der Waals surface area contributed by atoms with Crippen molar-refractivity contribution in [2.75, 3.05) is 31.4 Å². The van der Waals surface area contributed by atoms with Gasteiger partial charge >= 0.3 is 0 Å². The van der Waals surface area contributed by atoms with Crippen LogP contribution in [0, 0.1) is 0 Å². The smallest absolute Gasteiger partial charge is 0.211 e. The van der Waals surface area contributed by atoms with E-state index in [-0.39, 0.29) is 12.3 Å². The first-order chi connectivity index (χ1) is 8.64. The highest BCUT2D eigenvalue weighted by molar-refractivity contribution is 7.89. The molecule has 0 fully saturated rings. The van der Waals surface area contributed by atoms with Crippen molar-refractivity contribution in [3.05, 3.63) is 30.1 Å². The summed E-state index contributed by atoms with van der Waals surface area (Å²) >= 11 is 5.42. The number of ether oxygens (including phenoxy) is 1. The molecule has 0 saturated heterocycles. The van der Waals surface area contributed by atoms with Crippen molar-refractivity contribution in [2.24, 2.45) is 0 Å². The molecule has 5 nitrogen and oxygen atoms in total. The molecule has 0 atom stereocenters. The van der Waals surface area contributed by atoms with Gasteiger partial charge in [-0.15, -0.1) is 11.6 Å². The second-order valence-electron chi connectivity index (χ2n) is 3.62. The van der Waals surface area contributed by atoms with Crippen LogP contribution in [-0.2, 0) is 21.2 Å². The van der Waals surface area contributed by atoms with Crippen molar-refractivity contribution in [2.45, 2.75) is 6.42 Å². The molecule has 0 bridgehead atoms. The largest absolute Gasteiger partial charge is 0.379 e. The van der Waals surface area contributed by atoms with E-state index in [1.807, 2.05) is 0 Å². The highest BCUT2D eigenvalue weighted by atomic mass is 35.5. The van der Waals surface area contributed by atoms with Gasteiger partial charge in [0.05, 0.1) is 19.0 Å². The van der Waals surface area contributed by atoms with Gasteiger partial charge in [0, 0.05) is 24.8 Å². The molecule has 0 aliphatic heterocycles. The third-order valence-corrected chi connectivity index (χ3v) is 3.74. The second kappa shape index (κ2) is 8.42. The van der Waals surface area contributed by atoms with Crippen LogP contribution in [0.15, 0.2) is 24.5 Å². The molecular weight excluding hydrogens is 276 g/mol. The number of nitrogens with zero attached hydrogens (tertiary/aromatic N) is 1. The molecule has 1 aromatic heterocycles. The molecule has 1 heterocycles. The molecule has 0 aliphatic rings. The van der Waals surface area contributed by atoms with Crippen molar-refractivity contribution in [1.29, 1.82) is 0 Å². The van der Waals surface area contributed by atoms with Crippen molar-refractivity contribution in [3.63, 3.8) is 0 Å². The summed E-state index contributed by atoms with van der Waals surface area (Å²) in [5.74, 6) is 0.474. The van der Waals surface area contributed by atoms with E-state index < -0.39 is 10.0 Å². The predicted molar refractivity (Wildman–Crippen MR) is 71.3 cm³/mol. The van der Waals surface area contributed by atoms with E-state index in [9.17, 15) is 8.42 Å². The molecule has 0 radical (unpaired) electrons. The molecule has 7 heteroatoms. The van der Waals surface area contributed by atoms with Crippen molar-refractivity contribution < 1.29 is 13.2 Å². The highest BCUT2D eigenvalue weighted by Crippen LogP contribution is 1.99. The van der Waals surface area contributed by atoms with Gasteiger partial charge in [0.1, 0.15) is 0 Å². The number of aryl methyl sites for hydroxylation is 1. The van der Waals surface area contributed by atoms with E-state index in [0.717, 1.165) is 5.56 Å². The predicted octanol–water partition coefficient (Wildman–Crippen LogP) is 0.799. The molecule has 1 aromatic rings. The standard InChI is InChI=1S/C11H17ClN2O3S/c12-4-8-17-9-7-14-18(15,16)10-3-11-1-5-13-6-2-11/h1-2,5-6,14H,3-4,7-10H2. The zero-order chi connectivity index (χ0) is 13.3. The SMILES string of the molecule is O=S(=O)(CCc1ccncc1)NCCOCCCl. The Hall–Kier alpha value is -0.690. The molecule has 0 aromatic carbocycles.